The molecule has 586 valence electrons. The van der Waals surface area contributed by atoms with Crippen molar-refractivity contribution in [3.8, 4) is 11.5 Å². The molecule has 0 amide bonds. The normalized spacial score (nSPS) is 21.3. The van der Waals surface area contributed by atoms with Crippen LogP contribution in [0.15, 0.2) is 255 Å². The first-order chi connectivity index (χ1) is 53.8. The Bertz CT molecular complexity index is 4480. The Morgan fingerprint density at radius 1 is 0.405 bits per heavy atom. The van der Waals surface area contributed by atoms with Gasteiger partial charge in [0.15, 0.2) is 31.5 Å². The maximum atomic E-state index is 15.1. The van der Waals surface area contributed by atoms with Gasteiger partial charge in [-0.25, -0.2) is 8.78 Å². The topological polar surface area (TPSA) is 140 Å². The quantitative estimate of drug-likeness (QED) is 0.0383. The second-order valence-corrected chi connectivity index (χ2v) is 34.8. The summed E-state index contributed by atoms with van der Waals surface area (Å²) >= 11 is 13.7. The Balaban J connectivity index is 0.000000222. The fourth-order valence-corrected chi connectivity index (χ4v) is 15.0. The van der Waals surface area contributed by atoms with E-state index in [9.17, 15) is 9.50 Å². The molecule has 0 unspecified atom stereocenters. The van der Waals surface area contributed by atoms with Crippen molar-refractivity contribution in [3.63, 3.8) is 0 Å². The molecule has 12 rings (SSSR count). The van der Waals surface area contributed by atoms with Crippen LogP contribution in [0.1, 0.15) is 101 Å². The molecule has 0 aliphatic carbocycles. The molecule has 10 aromatic rings. The number of ether oxygens (including phenoxy) is 12. The summed E-state index contributed by atoms with van der Waals surface area (Å²) in [5.74, 6) is -3.60. The molecule has 2 aliphatic heterocycles. The van der Waals surface area contributed by atoms with Gasteiger partial charge in [-0.2, -0.15) is 0 Å². The first-order valence-corrected chi connectivity index (χ1v) is 41.5. The van der Waals surface area contributed by atoms with Crippen molar-refractivity contribution in [3.05, 3.63) is 343 Å². The van der Waals surface area contributed by atoms with E-state index in [0.29, 0.717) is 65.0 Å². The SMILES string of the molecule is CCOc1ccc(Cc2cc([C@]3(OC)O[C@H](CO)[C@@H](OCc4ccccc4)[C@H](OCc4ccccc4)[C@H]3OCc3ccccc3)ccc2Cl)cc1F.CCOc1ccc(Cc2cc([C@]3(OC)O[C@H](CO[Si](C)(C)C(C)(C)C)[C@@H](OCc4ccccc4)[C@H](OCc4ccccc4)[C@H]3OCc3ccccc3)ccc2Cl)cc1F. The molecule has 0 bridgehead atoms. The predicted octanol–water partition coefficient (Wildman–Crippen LogP) is 19.9. The molecule has 19 heteroatoms. The molecule has 2 fully saturated rings. The van der Waals surface area contributed by atoms with Crippen LogP contribution in [0, 0.1) is 11.6 Å². The van der Waals surface area contributed by atoms with E-state index in [-0.39, 0.29) is 62.8 Å². The van der Waals surface area contributed by atoms with Crippen LogP contribution in [0.25, 0.3) is 0 Å². The Hall–Kier alpha value is -8.02. The van der Waals surface area contributed by atoms with Gasteiger partial charge in [0.25, 0.3) is 0 Å². The molecule has 0 aromatic heterocycles. The molecule has 0 radical (unpaired) electrons. The number of aliphatic hydroxyl groups excluding tert-OH is 1. The van der Waals surface area contributed by atoms with E-state index in [4.69, 9.17) is 84.5 Å². The third kappa shape index (κ3) is 21.7. The second-order valence-electron chi connectivity index (χ2n) is 29.2. The fourth-order valence-electron chi connectivity index (χ4n) is 13.6. The maximum Gasteiger partial charge on any atom is 0.225 e. The Morgan fingerprint density at radius 2 is 0.721 bits per heavy atom. The van der Waals surface area contributed by atoms with Gasteiger partial charge >= 0.3 is 0 Å². The van der Waals surface area contributed by atoms with Crippen molar-refractivity contribution in [1.82, 2.24) is 0 Å². The second kappa shape index (κ2) is 40.1. The van der Waals surface area contributed by atoms with Crippen molar-refractivity contribution in [2.45, 2.75) is 166 Å². The molecular formula is C92H102Cl2F2O14Si. The Kier molecular flexibility index (Phi) is 30.3. The van der Waals surface area contributed by atoms with E-state index in [1.165, 1.54) is 12.1 Å². The average molecular weight is 1570 g/mol. The third-order valence-electron chi connectivity index (χ3n) is 20.5. The molecule has 10 atom stereocenters. The molecule has 2 saturated heterocycles. The Labute approximate surface area is 663 Å². The zero-order valence-electron chi connectivity index (χ0n) is 64.6. The van der Waals surface area contributed by atoms with Crippen molar-refractivity contribution < 1.29 is 75.2 Å². The van der Waals surface area contributed by atoms with Crippen LogP contribution in [-0.4, -0.2) is 103 Å². The van der Waals surface area contributed by atoms with E-state index >= 15 is 4.39 Å². The molecule has 0 saturated carbocycles. The van der Waals surface area contributed by atoms with Crippen molar-refractivity contribution in [1.29, 1.82) is 0 Å². The lowest BCUT2D eigenvalue weighted by atomic mass is 9.86. The van der Waals surface area contributed by atoms with Crippen molar-refractivity contribution in [2.75, 3.05) is 40.6 Å². The molecule has 1 N–H and O–H groups in total. The predicted molar refractivity (Wildman–Crippen MR) is 431 cm³/mol. The summed E-state index contributed by atoms with van der Waals surface area (Å²) in [4.78, 5) is 0. The van der Waals surface area contributed by atoms with Crippen LogP contribution in [0.2, 0.25) is 28.2 Å². The van der Waals surface area contributed by atoms with E-state index in [2.05, 4.69) is 33.9 Å². The fraction of sp³-hybridized carbons (Fsp3) is 0.348. The standard InChI is InChI=1S/C49H58ClFO7Si.C43H44ClFO7/c1-8-53-43-27-24-38(29-42(43)51)28-39-30-40(25-26-41(39)50)49(52-5)47(56-33-37-22-16-11-17-23-37)46(55-32-36-20-14-10-15-21-36)45(54-31-35-18-12-9-13-19-35)44(58-49)34-57-59(6,7)48(2,3)4;1-3-48-38-22-19-33(24-37(38)45)23-34-25-35(20-21-36(34)44)43(47-2)42(51-29-32-17-11-6-12-18-32)41(50-28-31-15-9-5-10-16-31)40(39(26-46)52-43)49-27-30-13-7-4-8-14-30/h9-27,29-30,44-47H,8,28,31-34H2,1-7H3;4-22,24-25,39-42,46H,3,23,26-29H2,1-2H3/t44-,45-,46+,47-,49+;39-,40-,41+,42-,43+/m11/s1. The van der Waals surface area contributed by atoms with Gasteiger partial charge in [-0.15, -0.1) is 0 Å². The molecule has 2 aliphatic rings. The Morgan fingerprint density at radius 3 is 1.03 bits per heavy atom. The van der Waals surface area contributed by atoms with Gasteiger partial charge in [0.05, 0.1) is 66.1 Å². The minimum atomic E-state index is -2.29. The van der Waals surface area contributed by atoms with Crippen LogP contribution in [0.5, 0.6) is 11.5 Å². The van der Waals surface area contributed by atoms with Gasteiger partial charge in [0.1, 0.15) is 48.8 Å². The third-order valence-corrected chi connectivity index (χ3v) is 25.8. The smallest absolute Gasteiger partial charge is 0.225 e. The number of benzene rings is 10. The molecule has 14 nitrogen and oxygen atoms in total. The highest BCUT2D eigenvalue weighted by atomic mass is 35.5. The number of aliphatic hydroxyl groups is 1. The summed E-state index contributed by atoms with van der Waals surface area (Å²) in [6.07, 6.45) is -5.53. The largest absolute Gasteiger partial charge is 0.491 e. The first kappa shape index (κ1) is 83.9. The van der Waals surface area contributed by atoms with Crippen LogP contribution in [0.3, 0.4) is 0 Å². The number of hydrogen-bond acceptors (Lipinski definition) is 14. The van der Waals surface area contributed by atoms with Gasteiger partial charge in [-0.1, -0.05) is 250 Å². The van der Waals surface area contributed by atoms with Crippen LogP contribution in [0.4, 0.5) is 8.78 Å². The van der Waals surface area contributed by atoms with Crippen LogP contribution in [-0.2, 0) is 116 Å². The van der Waals surface area contributed by atoms with Gasteiger partial charge in [-0.05, 0) is 149 Å². The van der Waals surface area contributed by atoms with Crippen LogP contribution >= 0.6 is 23.2 Å². The van der Waals surface area contributed by atoms with Crippen molar-refractivity contribution in [2.24, 2.45) is 0 Å². The molecule has 0 spiro atoms. The van der Waals surface area contributed by atoms with Crippen LogP contribution < -0.4 is 9.47 Å². The number of halogens is 4. The number of hydrogen-bond donors (Lipinski definition) is 1. The van der Waals surface area contributed by atoms with Gasteiger partial charge < -0.3 is 66.4 Å². The highest BCUT2D eigenvalue weighted by molar-refractivity contribution is 6.74. The van der Waals surface area contributed by atoms with Gasteiger partial charge in [-0.3, -0.25) is 0 Å². The van der Waals surface area contributed by atoms with Crippen molar-refractivity contribution >= 4 is 31.5 Å². The van der Waals surface area contributed by atoms with E-state index < -0.39 is 80.4 Å². The van der Waals surface area contributed by atoms with E-state index in [1.54, 1.807) is 32.4 Å². The highest BCUT2D eigenvalue weighted by Gasteiger charge is 2.61. The molecule has 2 heterocycles. The van der Waals surface area contributed by atoms with Gasteiger partial charge in [0, 0.05) is 35.4 Å². The summed E-state index contributed by atoms with van der Waals surface area (Å²) in [6, 6.07) is 80.6. The number of methoxy groups -OCH3 is 2. The van der Waals surface area contributed by atoms with E-state index in [1.807, 2.05) is 238 Å². The first-order valence-electron chi connectivity index (χ1n) is 37.8. The summed E-state index contributed by atoms with van der Waals surface area (Å²) in [5.41, 5.74) is 10.0. The minimum absolute atomic E-state index is 0.0592. The van der Waals surface area contributed by atoms with Gasteiger partial charge in [0.2, 0.25) is 11.6 Å². The number of rotatable bonds is 34. The molecular weight excluding hydrogens is 1470 g/mol. The summed E-state index contributed by atoms with van der Waals surface area (Å²) in [7, 11) is 0.880. The lowest BCUT2D eigenvalue weighted by Gasteiger charge is -2.52. The lowest BCUT2D eigenvalue weighted by molar-refractivity contribution is -0.384. The highest BCUT2D eigenvalue weighted by Crippen LogP contribution is 2.48. The average Bonchev–Trinajstić information content (AvgIpc) is 0.740. The maximum absolute atomic E-state index is 15.1. The minimum Gasteiger partial charge on any atom is -0.491 e. The molecule has 111 heavy (non-hydrogen) atoms. The molecule has 10 aromatic carbocycles. The zero-order chi connectivity index (χ0) is 78.4. The summed E-state index contributed by atoms with van der Waals surface area (Å²) in [6.45, 7) is 16.9. The van der Waals surface area contributed by atoms with E-state index in [0.717, 1.165) is 44.5 Å². The monoisotopic (exact) mass is 1570 g/mol. The lowest BCUT2D eigenvalue weighted by Crippen LogP contribution is -2.66. The summed E-state index contributed by atoms with van der Waals surface area (Å²) < 4.78 is 116. The summed E-state index contributed by atoms with van der Waals surface area (Å²) in [5, 5.41) is 11.8. The zero-order valence-corrected chi connectivity index (χ0v) is 67.1.